The first-order valence-electron chi connectivity index (χ1n) is 11.1. The first-order valence-corrected chi connectivity index (χ1v) is 11.4. The molecule has 3 aromatic rings. The van der Waals surface area contributed by atoms with E-state index in [9.17, 15) is 9.59 Å². The lowest BCUT2D eigenvalue weighted by atomic mass is 9.61. The molecule has 2 aliphatic rings. The van der Waals surface area contributed by atoms with Crippen molar-refractivity contribution in [2.45, 2.75) is 38.7 Å². The number of aryl methyl sites for hydroxylation is 3. The number of halogens is 1. The lowest BCUT2D eigenvalue weighted by Gasteiger charge is -2.58. The molecule has 2 fully saturated rings. The molecule has 8 heteroatoms. The Balaban J connectivity index is 1.13. The summed E-state index contributed by atoms with van der Waals surface area (Å²) in [5.41, 5.74) is 1.84. The molecule has 5 rings (SSSR count). The number of rotatable bonds is 6. The van der Waals surface area contributed by atoms with Crippen molar-refractivity contribution in [1.29, 1.82) is 0 Å². The van der Waals surface area contributed by atoms with Crippen molar-refractivity contribution in [3.63, 3.8) is 0 Å². The molecule has 32 heavy (non-hydrogen) atoms. The van der Waals surface area contributed by atoms with Crippen LogP contribution in [0.1, 0.15) is 30.4 Å². The van der Waals surface area contributed by atoms with Crippen LogP contribution in [-0.4, -0.2) is 45.4 Å². The minimum Gasteiger partial charge on any atom is -0.490 e. The van der Waals surface area contributed by atoms with Crippen LogP contribution in [0.5, 0.6) is 5.75 Å². The number of H-pyrrole nitrogens is 1. The highest BCUT2D eigenvalue weighted by Crippen LogP contribution is 2.50. The Morgan fingerprint density at radius 1 is 1.25 bits per heavy atom. The second kappa shape index (κ2) is 8.05. The molecule has 1 spiro atoms. The highest BCUT2D eigenvalue weighted by atomic mass is 35.5. The Bertz CT molecular complexity index is 1280. The lowest BCUT2D eigenvalue weighted by molar-refractivity contribution is -0.118. The number of aromatic amines is 1. The Labute approximate surface area is 191 Å². The van der Waals surface area contributed by atoms with Crippen LogP contribution in [0.4, 0.5) is 0 Å². The first kappa shape index (κ1) is 21.2. The molecule has 0 radical (unpaired) electrons. The maximum atomic E-state index is 12.6. The molecular weight excluding hydrogens is 428 g/mol. The molecule has 0 atom stereocenters. The normalized spacial score (nSPS) is 18.0. The van der Waals surface area contributed by atoms with Gasteiger partial charge >= 0.3 is 0 Å². The second-order valence-corrected chi connectivity index (χ2v) is 9.78. The third-order valence-electron chi connectivity index (χ3n) is 6.93. The topological polar surface area (TPSA) is 80.2 Å². The molecule has 3 heterocycles. The summed E-state index contributed by atoms with van der Waals surface area (Å²) in [6.07, 6.45) is 7.45. The van der Waals surface area contributed by atoms with Gasteiger partial charge in [-0.15, -0.1) is 0 Å². The largest absolute Gasteiger partial charge is 0.490 e. The standard InChI is InChI=1S/C24H27ClN4O3/c1-15-5-6-19(18-7-9-28(2)23(31)20(15)18)32-17-10-24(11-17)13-29(14-24)8-3-4-16-12-26-27-22(30)21(16)25/h5-7,9,12,17H,3-4,8,10-11,13-14H2,1-2H3,(H,27,30). The van der Waals surface area contributed by atoms with Crippen molar-refractivity contribution in [3.8, 4) is 5.75 Å². The van der Waals surface area contributed by atoms with E-state index in [0.717, 1.165) is 73.0 Å². The third-order valence-corrected chi connectivity index (χ3v) is 7.35. The molecule has 0 bridgehead atoms. The zero-order valence-corrected chi connectivity index (χ0v) is 19.1. The molecule has 1 aliphatic carbocycles. The average molecular weight is 455 g/mol. The minimum atomic E-state index is -0.325. The van der Waals surface area contributed by atoms with Gasteiger partial charge in [-0.05, 0) is 62.4 Å². The van der Waals surface area contributed by atoms with E-state index in [1.807, 2.05) is 25.1 Å². The number of hydrogen-bond acceptors (Lipinski definition) is 5. The van der Waals surface area contributed by atoms with Gasteiger partial charge in [-0.25, -0.2) is 5.10 Å². The van der Waals surface area contributed by atoms with Crippen LogP contribution >= 0.6 is 11.6 Å². The first-order chi connectivity index (χ1) is 15.3. The van der Waals surface area contributed by atoms with Crippen LogP contribution in [0.3, 0.4) is 0 Å². The molecule has 168 valence electrons. The summed E-state index contributed by atoms with van der Waals surface area (Å²) in [7, 11) is 1.78. The van der Waals surface area contributed by atoms with Gasteiger partial charge in [0.15, 0.2) is 0 Å². The van der Waals surface area contributed by atoms with Crippen LogP contribution in [-0.2, 0) is 13.5 Å². The Kier molecular flexibility index (Phi) is 5.34. The van der Waals surface area contributed by atoms with E-state index in [0.29, 0.717) is 5.41 Å². The van der Waals surface area contributed by atoms with Gasteiger partial charge in [-0.1, -0.05) is 17.7 Å². The molecule has 1 saturated carbocycles. The highest BCUT2D eigenvalue weighted by Gasteiger charge is 2.53. The summed E-state index contributed by atoms with van der Waals surface area (Å²) in [6, 6.07) is 5.94. The Morgan fingerprint density at radius 3 is 2.81 bits per heavy atom. The molecular formula is C24H27ClN4O3. The van der Waals surface area contributed by atoms with Crippen LogP contribution in [0.25, 0.3) is 10.8 Å². The van der Waals surface area contributed by atoms with E-state index in [2.05, 4.69) is 15.1 Å². The monoisotopic (exact) mass is 454 g/mol. The van der Waals surface area contributed by atoms with Gasteiger partial charge in [0, 0.05) is 37.1 Å². The predicted octanol–water partition coefficient (Wildman–Crippen LogP) is 3.06. The predicted molar refractivity (Wildman–Crippen MR) is 125 cm³/mol. The van der Waals surface area contributed by atoms with Crippen LogP contribution in [0.15, 0.2) is 40.2 Å². The molecule has 1 aliphatic heterocycles. The van der Waals surface area contributed by atoms with E-state index in [1.165, 1.54) is 0 Å². The van der Waals surface area contributed by atoms with Crippen molar-refractivity contribution in [2.24, 2.45) is 12.5 Å². The summed E-state index contributed by atoms with van der Waals surface area (Å²) in [5, 5.41) is 8.07. The zero-order chi connectivity index (χ0) is 22.5. The number of likely N-dealkylation sites (tertiary alicyclic amines) is 1. The number of nitrogens with one attached hydrogen (secondary N) is 1. The quantitative estimate of drug-likeness (QED) is 0.619. The second-order valence-electron chi connectivity index (χ2n) is 9.40. The summed E-state index contributed by atoms with van der Waals surface area (Å²) in [6.45, 7) is 5.13. The zero-order valence-electron chi connectivity index (χ0n) is 18.4. The van der Waals surface area contributed by atoms with Gasteiger partial charge < -0.3 is 14.2 Å². The van der Waals surface area contributed by atoms with Crippen molar-refractivity contribution in [1.82, 2.24) is 19.7 Å². The van der Waals surface area contributed by atoms with E-state index < -0.39 is 0 Å². The maximum absolute atomic E-state index is 12.6. The summed E-state index contributed by atoms with van der Waals surface area (Å²) in [5.74, 6) is 0.808. The highest BCUT2D eigenvalue weighted by molar-refractivity contribution is 6.31. The fourth-order valence-corrected chi connectivity index (χ4v) is 5.45. The number of hydrogen-bond donors (Lipinski definition) is 1. The van der Waals surface area contributed by atoms with E-state index in [-0.39, 0.29) is 22.2 Å². The lowest BCUT2D eigenvalue weighted by Crippen LogP contribution is -2.64. The van der Waals surface area contributed by atoms with E-state index >= 15 is 0 Å². The summed E-state index contributed by atoms with van der Waals surface area (Å²) in [4.78, 5) is 26.5. The minimum absolute atomic E-state index is 0.0161. The fourth-order valence-electron chi connectivity index (χ4n) is 5.27. The van der Waals surface area contributed by atoms with Crippen LogP contribution in [0.2, 0.25) is 5.02 Å². The number of aromatic nitrogens is 3. The van der Waals surface area contributed by atoms with Crippen molar-refractivity contribution in [3.05, 3.63) is 67.4 Å². The SMILES string of the molecule is Cc1ccc(OC2CC3(C2)CN(CCCc2cn[nH]c(=O)c2Cl)C3)c2ccn(C)c(=O)c12. The number of nitrogens with zero attached hydrogens (tertiary/aromatic N) is 3. The Morgan fingerprint density at radius 2 is 2.03 bits per heavy atom. The van der Waals surface area contributed by atoms with E-state index in [1.54, 1.807) is 24.0 Å². The summed E-state index contributed by atoms with van der Waals surface area (Å²) >= 11 is 6.05. The Hall–Kier alpha value is -2.64. The molecule has 2 aromatic heterocycles. The van der Waals surface area contributed by atoms with Gasteiger partial charge in [0.1, 0.15) is 10.8 Å². The van der Waals surface area contributed by atoms with Gasteiger partial charge in [-0.3, -0.25) is 9.59 Å². The number of ether oxygens (including phenoxy) is 1. The van der Waals surface area contributed by atoms with Crippen molar-refractivity contribution in [2.75, 3.05) is 19.6 Å². The summed E-state index contributed by atoms with van der Waals surface area (Å²) < 4.78 is 7.93. The van der Waals surface area contributed by atoms with E-state index in [4.69, 9.17) is 16.3 Å². The number of fused-ring (bicyclic) bond motifs is 1. The third kappa shape index (κ3) is 3.73. The number of benzene rings is 1. The fraction of sp³-hybridized carbons (Fsp3) is 0.458. The molecule has 1 N–H and O–H groups in total. The van der Waals surface area contributed by atoms with Gasteiger partial charge in [0.2, 0.25) is 0 Å². The van der Waals surface area contributed by atoms with Gasteiger partial charge in [-0.2, -0.15) is 5.10 Å². The maximum Gasteiger partial charge on any atom is 0.283 e. The van der Waals surface area contributed by atoms with Gasteiger partial charge in [0.25, 0.3) is 11.1 Å². The number of pyridine rings is 1. The van der Waals surface area contributed by atoms with Crippen molar-refractivity contribution >= 4 is 22.4 Å². The van der Waals surface area contributed by atoms with Crippen molar-refractivity contribution < 1.29 is 4.74 Å². The molecule has 1 aromatic carbocycles. The smallest absolute Gasteiger partial charge is 0.283 e. The molecule has 7 nitrogen and oxygen atoms in total. The van der Waals surface area contributed by atoms with Crippen LogP contribution in [0, 0.1) is 12.3 Å². The molecule has 1 saturated heterocycles. The molecule has 0 unspecified atom stereocenters. The van der Waals surface area contributed by atoms with Gasteiger partial charge in [0.05, 0.1) is 17.7 Å². The average Bonchev–Trinajstić information content (AvgIpc) is 2.71. The van der Waals surface area contributed by atoms with Crippen LogP contribution < -0.4 is 15.9 Å². The molecule has 0 amide bonds.